The molecule has 102 valence electrons. The van der Waals surface area contributed by atoms with E-state index in [-0.39, 0.29) is 5.75 Å². The number of nitrogens with zero attached hydrogens (tertiary/aromatic N) is 1. The van der Waals surface area contributed by atoms with Gasteiger partial charge in [0.2, 0.25) is 0 Å². The Kier molecular flexibility index (Phi) is 4.50. The van der Waals surface area contributed by atoms with Crippen molar-refractivity contribution >= 4 is 11.7 Å². The third-order valence-electron chi connectivity index (χ3n) is 2.80. The van der Waals surface area contributed by atoms with Crippen molar-refractivity contribution in [3.05, 3.63) is 65.7 Å². The van der Waals surface area contributed by atoms with E-state index in [0.29, 0.717) is 23.3 Å². The molecule has 1 N–H and O–H groups in total. The lowest BCUT2D eigenvalue weighted by molar-refractivity contribution is 0.0515. The van der Waals surface area contributed by atoms with Crippen molar-refractivity contribution in [3.8, 4) is 5.75 Å². The van der Waals surface area contributed by atoms with Gasteiger partial charge in [-0.1, -0.05) is 42.4 Å². The van der Waals surface area contributed by atoms with Gasteiger partial charge in [-0.05, 0) is 30.7 Å². The Morgan fingerprint density at radius 1 is 1.10 bits per heavy atom. The van der Waals surface area contributed by atoms with Crippen molar-refractivity contribution in [2.24, 2.45) is 5.16 Å². The van der Waals surface area contributed by atoms with Crippen molar-refractivity contribution in [2.45, 2.75) is 13.3 Å². The van der Waals surface area contributed by atoms with Crippen molar-refractivity contribution in [3.63, 3.8) is 0 Å². The van der Waals surface area contributed by atoms with Crippen LogP contribution < -0.4 is 0 Å². The fourth-order valence-electron chi connectivity index (χ4n) is 1.75. The third kappa shape index (κ3) is 3.23. The monoisotopic (exact) mass is 269 g/mol. The molecule has 0 aliphatic carbocycles. The zero-order valence-electron chi connectivity index (χ0n) is 11.1. The number of hydrogen-bond donors (Lipinski definition) is 1. The van der Waals surface area contributed by atoms with E-state index in [0.717, 1.165) is 0 Å². The van der Waals surface area contributed by atoms with Crippen molar-refractivity contribution < 1.29 is 14.7 Å². The Hall–Kier alpha value is -2.62. The molecule has 0 spiro atoms. The maximum atomic E-state index is 11.8. The highest BCUT2D eigenvalue weighted by Crippen LogP contribution is 2.18. The number of hydrogen-bond acceptors (Lipinski definition) is 4. The maximum Gasteiger partial charge on any atom is 0.365 e. The average Bonchev–Trinajstić information content (AvgIpc) is 2.50. The molecule has 0 fully saturated rings. The lowest BCUT2D eigenvalue weighted by atomic mass is 10.1. The summed E-state index contributed by atoms with van der Waals surface area (Å²) >= 11 is 0. The number of benzene rings is 2. The Morgan fingerprint density at radius 2 is 1.75 bits per heavy atom. The molecule has 0 amide bonds. The second-order valence-corrected chi connectivity index (χ2v) is 4.15. The third-order valence-corrected chi connectivity index (χ3v) is 2.80. The predicted molar refractivity (Wildman–Crippen MR) is 76.8 cm³/mol. The zero-order valence-corrected chi connectivity index (χ0v) is 11.1. The first-order chi connectivity index (χ1) is 9.72. The van der Waals surface area contributed by atoms with Crippen LogP contribution in [-0.2, 0) is 4.84 Å². The normalized spacial score (nSPS) is 11.2. The highest BCUT2D eigenvalue weighted by atomic mass is 16.7. The van der Waals surface area contributed by atoms with Gasteiger partial charge < -0.3 is 9.94 Å². The molecule has 2 rings (SSSR count). The molecule has 4 nitrogen and oxygen atoms in total. The number of carbonyl (C=O) groups excluding carboxylic acids is 1. The van der Waals surface area contributed by atoms with E-state index in [2.05, 4.69) is 5.16 Å². The molecule has 4 heteroatoms. The average molecular weight is 269 g/mol. The molecule has 0 aliphatic heterocycles. The van der Waals surface area contributed by atoms with Crippen LogP contribution >= 0.6 is 0 Å². The van der Waals surface area contributed by atoms with E-state index in [9.17, 15) is 9.90 Å². The van der Waals surface area contributed by atoms with Gasteiger partial charge in [0.05, 0.1) is 11.3 Å². The van der Waals surface area contributed by atoms with Crippen LogP contribution in [0.4, 0.5) is 0 Å². The van der Waals surface area contributed by atoms with Gasteiger partial charge in [0.1, 0.15) is 5.75 Å². The van der Waals surface area contributed by atoms with Crippen LogP contribution in [0.1, 0.15) is 29.3 Å². The highest BCUT2D eigenvalue weighted by Gasteiger charge is 2.10. The molecule has 2 aromatic carbocycles. The van der Waals surface area contributed by atoms with Crippen molar-refractivity contribution in [2.75, 3.05) is 0 Å². The SMILES string of the molecule is CCC(=NOC(=O)c1ccccc1)c1ccccc1O. The standard InChI is InChI=1S/C16H15NO3/c1-2-14(13-10-6-7-11-15(13)18)17-20-16(19)12-8-4-3-5-9-12/h3-11,18H,2H2,1H3. The van der Waals surface area contributed by atoms with Crippen molar-refractivity contribution in [1.82, 2.24) is 0 Å². The summed E-state index contributed by atoms with van der Waals surface area (Å²) in [5.41, 5.74) is 1.52. The van der Waals surface area contributed by atoms with E-state index in [1.54, 1.807) is 48.5 Å². The van der Waals surface area contributed by atoms with Gasteiger partial charge in [0.15, 0.2) is 0 Å². The Labute approximate surface area is 117 Å². The number of rotatable bonds is 4. The van der Waals surface area contributed by atoms with Gasteiger partial charge in [0, 0.05) is 5.56 Å². The molecule has 0 atom stereocenters. The molecule has 2 aromatic rings. The number of phenols is 1. The minimum atomic E-state index is -0.521. The largest absolute Gasteiger partial charge is 0.507 e. The van der Waals surface area contributed by atoms with E-state index in [1.807, 2.05) is 13.0 Å². The summed E-state index contributed by atoms with van der Waals surface area (Å²) in [4.78, 5) is 16.7. The van der Waals surface area contributed by atoms with Crippen LogP contribution in [0.15, 0.2) is 59.8 Å². The van der Waals surface area contributed by atoms with Crippen LogP contribution in [0.3, 0.4) is 0 Å². The Morgan fingerprint density at radius 3 is 2.40 bits per heavy atom. The summed E-state index contributed by atoms with van der Waals surface area (Å²) in [5.74, 6) is -0.407. The van der Waals surface area contributed by atoms with Crippen LogP contribution in [0.2, 0.25) is 0 Å². The summed E-state index contributed by atoms with van der Waals surface area (Å²) in [6, 6.07) is 15.5. The number of phenolic OH excluding ortho intramolecular Hbond substituents is 1. The fourth-order valence-corrected chi connectivity index (χ4v) is 1.75. The molecule has 0 unspecified atom stereocenters. The van der Waals surface area contributed by atoms with Gasteiger partial charge in [-0.2, -0.15) is 0 Å². The first-order valence-electron chi connectivity index (χ1n) is 6.34. The van der Waals surface area contributed by atoms with E-state index < -0.39 is 5.97 Å². The minimum Gasteiger partial charge on any atom is -0.507 e. The second-order valence-electron chi connectivity index (χ2n) is 4.15. The molecule has 0 radical (unpaired) electrons. The lowest BCUT2D eigenvalue weighted by Crippen LogP contribution is -2.05. The van der Waals surface area contributed by atoms with Gasteiger partial charge in [-0.15, -0.1) is 0 Å². The van der Waals surface area contributed by atoms with Gasteiger partial charge >= 0.3 is 5.97 Å². The van der Waals surface area contributed by atoms with Gasteiger partial charge in [-0.25, -0.2) is 4.79 Å². The molecule has 0 saturated carbocycles. The molecular formula is C16H15NO3. The predicted octanol–water partition coefficient (Wildman–Crippen LogP) is 3.36. The Balaban J connectivity index is 2.17. The van der Waals surface area contributed by atoms with E-state index in [1.165, 1.54) is 0 Å². The highest BCUT2D eigenvalue weighted by molar-refractivity contribution is 6.02. The van der Waals surface area contributed by atoms with E-state index in [4.69, 9.17) is 4.84 Å². The smallest absolute Gasteiger partial charge is 0.365 e. The molecular weight excluding hydrogens is 254 g/mol. The molecule has 20 heavy (non-hydrogen) atoms. The fraction of sp³-hybridized carbons (Fsp3) is 0.125. The van der Waals surface area contributed by atoms with Crippen LogP contribution in [0.25, 0.3) is 0 Å². The molecule has 0 aromatic heterocycles. The summed E-state index contributed by atoms with van der Waals surface area (Å²) in [7, 11) is 0. The number of carbonyl (C=O) groups is 1. The summed E-state index contributed by atoms with van der Waals surface area (Å²) in [5, 5.41) is 13.6. The van der Waals surface area contributed by atoms with Gasteiger partial charge in [0.25, 0.3) is 0 Å². The molecule has 0 heterocycles. The first-order valence-corrected chi connectivity index (χ1v) is 6.34. The molecule has 0 saturated heterocycles. The summed E-state index contributed by atoms with van der Waals surface area (Å²) < 4.78 is 0. The molecule has 0 bridgehead atoms. The quantitative estimate of drug-likeness (QED) is 0.526. The first kappa shape index (κ1) is 13.8. The topological polar surface area (TPSA) is 58.9 Å². The maximum absolute atomic E-state index is 11.8. The van der Waals surface area contributed by atoms with Crippen LogP contribution in [0, 0.1) is 0 Å². The molecule has 0 aliphatic rings. The van der Waals surface area contributed by atoms with Crippen LogP contribution in [-0.4, -0.2) is 16.8 Å². The van der Waals surface area contributed by atoms with Gasteiger partial charge in [-0.3, -0.25) is 0 Å². The Bertz CT molecular complexity index is 621. The zero-order chi connectivity index (χ0) is 14.4. The van der Waals surface area contributed by atoms with E-state index >= 15 is 0 Å². The summed E-state index contributed by atoms with van der Waals surface area (Å²) in [6.45, 7) is 1.88. The summed E-state index contributed by atoms with van der Waals surface area (Å²) in [6.07, 6.45) is 0.541. The lowest BCUT2D eigenvalue weighted by Gasteiger charge is -2.05. The number of oxime groups is 1. The number of aromatic hydroxyl groups is 1. The van der Waals surface area contributed by atoms with Crippen LogP contribution in [0.5, 0.6) is 5.75 Å². The second kappa shape index (κ2) is 6.52. The van der Waals surface area contributed by atoms with Crippen molar-refractivity contribution in [1.29, 1.82) is 0 Å². The number of para-hydroxylation sites is 1. The minimum absolute atomic E-state index is 0.115.